The molecule has 7 amide bonds. The summed E-state index contributed by atoms with van der Waals surface area (Å²) in [6.45, 7) is 26.6. The number of nitrogens with one attached hydrogen (secondary N) is 4. The van der Waals surface area contributed by atoms with Crippen molar-refractivity contribution in [3.05, 3.63) is 82.9 Å². The molecule has 0 spiro atoms. The number of carbonyl (C=O) groups excluding carboxylic acids is 10. The van der Waals surface area contributed by atoms with Gasteiger partial charge in [-0.2, -0.15) is 0 Å². The van der Waals surface area contributed by atoms with E-state index in [1.165, 1.54) is 16.8 Å². The quantitative estimate of drug-likeness (QED) is 0.0220. The van der Waals surface area contributed by atoms with Gasteiger partial charge in [0.25, 0.3) is 0 Å². The Morgan fingerprint density at radius 3 is 1.80 bits per heavy atom. The summed E-state index contributed by atoms with van der Waals surface area (Å²) in [6.07, 6.45) is 0.812. The lowest BCUT2D eigenvalue weighted by Gasteiger charge is -2.42. The van der Waals surface area contributed by atoms with E-state index in [4.69, 9.17) is 24.7 Å². The zero-order valence-corrected chi connectivity index (χ0v) is 52.2. The van der Waals surface area contributed by atoms with Gasteiger partial charge in [-0.25, -0.2) is 14.4 Å². The number of hydrogen-bond donors (Lipinski definition) is 5. The molecule has 2 aromatic carbocycles. The first-order chi connectivity index (χ1) is 38.5. The summed E-state index contributed by atoms with van der Waals surface area (Å²) in [7, 11) is 3.02. The predicted molar refractivity (Wildman–Crippen MR) is 315 cm³/mol. The molecule has 0 fully saturated rings. The van der Waals surface area contributed by atoms with Crippen molar-refractivity contribution in [2.24, 2.45) is 28.9 Å². The maximum Gasteiger partial charge on any atom is 0.410 e. The van der Waals surface area contributed by atoms with Crippen LogP contribution in [0.25, 0.3) is 0 Å². The maximum atomic E-state index is 15.0. The summed E-state index contributed by atoms with van der Waals surface area (Å²) >= 11 is 0. The second-order valence-electron chi connectivity index (χ2n) is 24.2. The molecule has 0 aromatic heterocycles. The van der Waals surface area contributed by atoms with E-state index in [0.29, 0.717) is 17.5 Å². The molecule has 0 unspecified atom stereocenters. The molecular weight excluding hydrogens is 1070 g/mol. The summed E-state index contributed by atoms with van der Waals surface area (Å²) in [5.74, 6) is -5.60. The minimum Gasteiger partial charge on any atom is -0.466 e. The van der Waals surface area contributed by atoms with Crippen molar-refractivity contribution in [2.75, 3.05) is 33.9 Å². The third kappa shape index (κ3) is 23.8. The molecule has 0 aliphatic rings. The molecule has 21 nitrogen and oxygen atoms in total. The standard InChI is InChI=1S/C62H95N7O14/c1-18-80-49(71)32-31-46(57(77)81-19-2)66-53(73)40(7)34-47(39(5)6)68(16)56(76)51(60(8,9)10)67-55(75)52(62(14,15)43-24-21-20-22-25-43)69(17)59(79)82-37-42-29-27-41(28-30-42)35-48(70)45(26-23-33-64-58(63)78)65-54(74)44(38(3)4)36-50(72)83-61(11,12)13/h20-22,24-25,27-30,34,38-39,44-47,51-52H,18-19,23,26,31-33,35-37H2,1-17H3,(H,65,74)(H,66,73)(H,67,75)(H3,63,64,78)/b40-34+/t44-,45-,46+,47+,51+,52+/m0/s1. The maximum absolute atomic E-state index is 15.0. The number of carbonyl (C=O) groups is 10. The number of nitrogens with two attached hydrogens (primary N) is 1. The van der Waals surface area contributed by atoms with Crippen molar-refractivity contribution >= 4 is 59.4 Å². The number of primary amides is 1. The topological polar surface area (TPSA) is 288 Å². The van der Waals surface area contributed by atoms with Crippen LogP contribution in [-0.4, -0.2) is 139 Å². The highest BCUT2D eigenvalue weighted by Gasteiger charge is 2.46. The van der Waals surface area contributed by atoms with Crippen LogP contribution in [0.15, 0.2) is 66.2 Å². The van der Waals surface area contributed by atoms with Crippen LogP contribution in [0.3, 0.4) is 0 Å². The Morgan fingerprint density at radius 1 is 0.675 bits per heavy atom. The van der Waals surface area contributed by atoms with Gasteiger partial charge in [0.05, 0.1) is 37.6 Å². The molecule has 462 valence electrons. The van der Waals surface area contributed by atoms with E-state index in [0.717, 1.165) is 5.56 Å². The number of amides is 7. The fraction of sp³-hybridized carbons (Fsp3) is 0.613. The molecule has 0 bridgehead atoms. The van der Waals surface area contributed by atoms with Crippen molar-refractivity contribution < 1.29 is 66.9 Å². The van der Waals surface area contributed by atoms with E-state index >= 15 is 4.79 Å². The summed E-state index contributed by atoms with van der Waals surface area (Å²) in [5.41, 5.74) is 4.59. The van der Waals surface area contributed by atoms with Gasteiger partial charge in [-0.15, -0.1) is 0 Å². The molecule has 2 rings (SSSR count). The van der Waals surface area contributed by atoms with E-state index in [2.05, 4.69) is 21.3 Å². The fourth-order valence-corrected chi connectivity index (χ4v) is 9.31. The largest absolute Gasteiger partial charge is 0.466 e. The smallest absolute Gasteiger partial charge is 0.410 e. The number of Topliss-reactive ketones (excluding diaryl/α,β-unsaturated/α-hetero) is 1. The number of ketones is 1. The van der Waals surface area contributed by atoms with Crippen LogP contribution >= 0.6 is 0 Å². The van der Waals surface area contributed by atoms with E-state index in [9.17, 15) is 43.2 Å². The molecule has 0 saturated carbocycles. The average Bonchev–Trinajstić information content (AvgIpc) is 3.60. The Morgan fingerprint density at radius 2 is 1.27 bits per heavy atom. The highest BCUT2D eigenvalue weighted by Crippen LogP contribution is 2.32. The fourth-order valence-electron chi connectivity index (χ4n) is 9.31. The van der Waals surface area contributed by atoms with Gasteiger partial charge < -0.3 is 50.8 Å². The number of ether oxygens (including phenoxy) is 4. The third-order valence-corrected chi connectivity index (χ3v) is 14.0. The van der Waals surface area contributed by atoms with Crippen LogP contribution in [0, 0.1) is 23.2 Å². The molecule has 0 aliphatic carbocycles. The predicted octanol–water partition coefficient (Wildman–Crippen LogP) is 7.00. The van der Waals surface area contributed by atoms with Gasteiger partial charge in [0.1, 0.15) is 30.3 Å². The number of likely N-dealkylation sites (N-methyl/N-ethyl adjacent to an activating group) is 2. The first kappa shape index (κ1) is 71.8. The minimum absolute atomic E-state index is 0.0553. The normalized spacial score (nSPS) is 14.1. The Labute approximate surface area is 491 Å². The third-order valence-electron chi connectivity index (χ3n) is 14.0. The van der Waals surface area contributed by atoms with Gasteiger partial charge in [-0.05, 0) is 94.7 Å². The van der Waals surface area contributed by atoms with Crippen molar-refractivity contribution in [2.45, 2.75) is 190 Å². The van der Waals surface area contributed by atoms with Crippen LogP contribution in [0.5, 0.6) is 0 Å². The molecule has 0 aliphatic heterocycles. The second-order valence-corrected chi connectivity index (χ2v) is 24.2. The first-order valence-corrected chi connectivity index (χ1v) is 28.6. The lowest BCUT2D eigenvalue weighted by molar-refractivity contribution is -0.158. The summed E-state index contributed by atoms with van der Waals surface area (Å²) in [6, 6.07) is 9.99. The lowest BCUT2D eigenvalue weighted by Crippen LogP contribution is -2.63. The zero-order chi connectivity index (χ0) is 63.2. The molecule has 2 aromatic rings. The number of nitrogens with zero attached hydrogens (tertiary/aromatic N) is 2. The van der Waals surface area contributed by atoms with E-state index in [1.807, 2.05) is 58.0 Å². The second kappa shape index (κ2) is 33.1. The van der Waals surface area contributed by atoms with Crippen LogP contribution < -0.4 is 27.0 Å². The molecule has 0 radical (unpaired) electrons. The van der Waals surface area contributed by atoms with Crippen molar-refractivity contribution in [3.63, 3.8) is 0 Å². The van der Waals surface area contributed by atoms with Gasteiger partial charge >= 0.3 is 30.0 Å². The summed E-state index contributed by atoms with van der Waals surface area (Å²) in [4.78, 5) is 137. The molecule has 83 heavy (non-hydrogen) atoms. The van der Waals surface area contributed by atoms with Gasteiger partial charge in [-0.1, -0.05) is 123 Å². The molecule has 21 heteroatoms. The lowest BCUT2D eigenvalue weighted by atomic mass is 9.76. The number of esters is 3. The first-order valence-electron chi connectivity index (χ1n) is 28.6. The summed E-state index contributed by atoms with van der Waals surface area (Å²) < 4.78 is 21.5. The zero-order valence-electron chi connectivity index (χ0n) is 52.2. The Bertz CT molecular complexity index is 2550. The van der Waals surface area contributed by atoms with Crippen molar-refractivity contribution in [1.29, 1.82) is 0 Å². The van der Waals surface area contributed by atoms with E-state index in [-0.39, 0.29) is 81.7 Å². The van der Waals surface area contributed by atoms with Gasteiger partial charge in [0.2, 0.25) is 23.6 Å². The van der Waals surface area contributed by atoms with Gasteiger partial charge in [0, 0.05) is 44.5 Å². The molecular formula is C62H95N7O14. The van der Waals surface area contributed by atoms with Crippen LogP contribution in [0.4, 0.5) is 9.59 Å². The number of benzene rings is 2. The minimum atomic E-state index is -1.25. The molecule has 0 saturated heterocycles. The number of rotatable bonds is 31. The molecule has 0 heterocycles. The average molecular weight is 1160 g/mol. The van der Waals surface area contributed by atoms with E-state index < -0.39 is 106 Å². The van der Waals surface area contributed by atoms with Gasteiger partial charge in [-0.3, -0.25) is 38.5 Å². The monoisotopic (exact) mass is 1160 g/mol. The Balaban J connectivity index is 2.41. The number of urea groups is 1. The van der Waals surface area contributed by atoms with Gasteiger partial charge in [0.15, 0.2) is 5.78 Å². The molecule has 6 N–H and O–H groups in total. The molecule has 6 atom stereocenters. The van der Waals surface area contributed by atoms with Crippen LogP contribution in [-0.2, 0) is 75.7 Å². The highest BCUT2D eigenvalue weighted by atomic mass is 16.6. The Hall–Kier alpha value is -7.32. The van der Waals surface area contributed by atoms with E-state index in [1.54, 1.807) is 114 Å². The Kier molecular flexibility index (Phi) is 28.6. The number of hydrogen-bond acceptors (Lipinski definition) is 14. The van der Waals surface area contributed by atoms with Crippen molar-refractivity contribution in [3.8, 4) is 0 Å². The SMILES string of the molecule is CCOC(=O)CC[C@@H](NC(=O)/C(C)=C/[C@H](C(C)C)N(C)C(=O)[C@@H](NC(=O)[C@@H](N(C)C(=O)OCc1ccc(CC(=O)[C@H](CCCNC(N)=O)NC(=O)[C@@H](CC(=O)OC(C)(C)C)C(C)C)cc1)C(C)(C)c1ccccc1)C(C)(C)C)C(=O)OCC. The van der Waals surface area contributed by atoms with Crippen LogP contribution in [0.2, 0.25) is 0 Å². The van der Waals surface area contributed by atoms with Crippen LogP contribution in [0.1, 0.15) is 153 Å². The van der Waals surface area contributed by atoms with Crippen molar-refractivity contribution in [1.82, 2.24) is 31.1 Å². The highest BCUT2D eigenvalue weighted by molar-refractivity contribution is 5.97. The summed E-state index contributed by atoms with van der Waals surface area (Å²) in [5, 5.41) is 11.0.